The van der Waals surface area contributed by atoms with E-state index in [1.807, 2.05) is 13.8 Å². The van der Waals surface area contributed by atoms with Gasteiger partial charge in [-0.3, -0.25) is 4.90 Å². The number of unbranched alkanes of at least 4 members (excludes halogenated alkanes) is 1. The summed E-state index contributed by atoms with van der Waals surface area (Å²) in [5.41, 5.74) is -0.336. The van der Waals surface area contributed by atoms with E-state index in [1.54, 1.807) is 0 Å². The largest absolute Gasteiger partial charge is 0.396 e. The van der Waals surface area contributed by atoms with Crippen LogP contribution in [0.15, 0.2) is 0 Å². The van der Waals surface area contributed by atoms with Crippen molar-refractivity contribution in [3.05, 3.63) is 0 Å². The lowest BCUT2D eigenvalue weighted by Crippen LogP contribution is -2.54. The summed E-state index contributed by atoms with van der Waals surface area (Å²) in [7, 11) is 0. The van der Waals surface area contributed by atoms with E-state index in [2.05, 4.69) is 15.9 Å². The molecule has 0 atom stereocenters. The van der Waals surface area contributed by atoms with Gasteiger partial charge in [0.05, 0.1) is 6.07 Å². The summed E-state index contributed by atoms with van der Waals surface area (Å²) in [6, 6.07) is 2.35. The second kappa shape index (κ2) is 6.19. The molecule has 1 aliphatic rings. The molecule has 1 rings (SSSR count). The van der Waals surface area contributed by atoms with E-state index < -0.39 is 0 Å². The molecule has 1 saturated heterocycles. The lowest BCUT2D eigenvalue weighted by Gasteiger charge is -2.40. The molecule has 1 fully saturated rings. The average Bonchev–Trinajstić information content (AvgIpc) is 2.30. The van der Waals surface area contributed by atoms with E-state index >= 15 is 0 Å². The molecule has 0 unspecified atom stereocenters. The maximum absolute atomic E-state index is 9.05. The van der Waals surface area contributed by atoms with E-state index in [4.69, 9.17) is 10.4 Å². The van der Waals surface area contributed by atoms with Crippen LogP contribution in [0.1, 0.15) is 26.7 Å². The molecule has 1 N–H and O–H groups in total. The summed E-state index contributed by atoms with van der Waals surface area (Å²) in [5.74, 6) is 0. The van der Waals surface area contributed by atoms with Crippen LogP contribution in [0.2, 0.25) is 0 Å². The van der Waals surface area contributed by atoms with Crippen molar-refractivity contribution in [3.8, 4) is 6.07 Å². The lowest BCUT2D eigenvalue weighted by molar-refractivity contribution is 0.0784. The van der Waals surface area contributed by atoms with Gasteiger partial charge in [-0.25, -0.2) is 0 Å². The summed E-state index contributed by atoms with van der Waals surface area (Å²) in [6.45, 7) is 9.35. The summed E-state index contributed by atoms with van der Waals surface area (Å²) in [6.07, 6.45) is 1.96. The summed E-state index contributed by atoms with van der Waals surface area (Å²) in [4.78, 5) is 4.66. The average molecular weight is 225 g/mol. The number of aliphatic hydroxyl groups is 1. The van der Waals surface area contributed by atoms with Gasteiger partial charge in [0.25, 0.3) is 0 Å². The molecule has 0 aromatic heterocycles. The third-order valence-corrected chi connectivity index (χ3v) is 3.32. The molecule has 0 aromatic rings. The number of hydrogen-bond donors (Lipinski definition) is 1. The van der Waals surface area contributed by atoms with Crippen molar-refractivity contribution in [2.45, 2.75) is 32.2 Å². The highest BCUT2D eigenvalue weighted by molar-refractivity contribution is 5.02. The van der Waals surface area contributed by atoms with Gasteiger partial charge < -0.3 is 10.0 Å². The molecule has 0 amide bonds. The third-order valence-electron chi connectivity index (χ3n) is 3.32. The first-order valence-corrected chi connectivity index (χ1v) is 6.09. The summed E-state index contributed by atoms with van der Waals surface area (Å²) < 4.78 is 0. The molecule has 1 aliphatic heterocycles. The standard InChI is InChI=1S/C12H23N3O/c1-12(2,11-13)15-8-6-14(7-9-15)5-3-4-10-16/h16H,3-10H2,1-2H3. The van der Waals surface area contributed by atoms with Crippen LogP contribution in [0.3, 0.4) is 0 Å². The maximum atomic E-state index is 9.05. The van der Waals surface area contributed by atoms with Gasteiger partial charge in [-0.1, -0.05) is 0 Å². The highest BCUT2D eigenvalue weighted by Gasteiger charge is 2.29. The normalized spacial score (nSPS) is 19.6. The summed E-state index contributed by atoms with van der Waals surface area (Å²) >= 11 is 0. The van der Waals surface area contributed by atoms with Crippen molar-refractivity contribution >= 4 is 0 Å². The molecule has 0 saturated carbocycles. The first-order chi connectivity index (χ1) is 7.60. The van der Waals surface area contributed by atoms with E-state index in [1.165, 1.54) is 0 Å². The molecule has 4 nitrogen and oxygen atoms in total. The number of nitrogens with zero attached hydrogens (tertiary/aromatic N) is 3. The molecule has 16 heavy (non-hydrogen) atoms. The van der Waals surface area contributed by atoms with Gasteiger partial charge in [0.2, 0.25) is 0 Å². The Labute approximate surface area is 98.5 Å². The fraction of sp³-hybridized carbons (Fsp3) is 0.917. The van der Waals surface area contributed by atoms with Crippen LogP contribution in [0.25, 0.3) is 0 Å². The second-order valence-electron chi connectivity index (χ2n) is 4.93. The van der Waals surface area contributed by atoms with Crippen molar-refractivity contribution < 1.29 is 5.11 Å². The van der Waals surface area contributed by atoms with Crippen molar-refractivity contribution in [2.24, 2.45) is 0 Å². The Balaban J connectivity index is 2.26. The lowest BCUT2D eigenvalue weighted by atomic mass is 10.0. The quantitative estimate of drug-likeness (QED) is 0.699. The van der Waals surface area contributed by atoms with Crippen LogP contribution in [0.5, 0.6) is 0 Å². The topological polar surface area (TPSA) is 50.5 Å². The van der Waals surface area contributed by atoms with E-state index in [-0.39, 0.29) is 5.54 Å². The van der Waals surface area contributed by atoms with Crippen LogP contribution in [0.4, 0.5) is 0 Å². The van der Waals surface area contributed by atoms with Gasteiger partial charge in [-0.05, 0) is 33.2 Å². The molecule has 1 heterocycles. The Morgan fingerprint density at radius 1 is 1.19 bits per heavy atom. The maximum Gasteiger partial charge on any atom is 0.103 e. The monoisotopic (exact) mass is 225 g/mol. The number of rotatable bonds is 5. The van der Waals surface area contributed by atoms with Crippen molar-refractivity contribution in [1.29, 1.82) is 5.26 Å². The Bertz CT molecular complexity index is 239. The molecular weight excluding hydrogens is 202 g/mol. The third kappa shape index (κ3) is 3.75. The van der Waals surface area contributed by atoms with Gasteiger partial charge >= 0.3 is 0 Å². The van der Waals surface area contributed by atoms with Gasteiger partial charge in [0.1, 0.15) is 5.54 Å². The highest BCUT2D eigenvalue weighted by atomic mass is 16.2. The van der Waals surface area contributed by atoms with Crippen LogP contribution < -0.4 is 0 Å². The predicted octanol–water partition coefficient (Wildman–Crippen LogP) is 0.679. The fourth-order valence-corrected chi connectivity index (χ4v) is 2.05. The van der Waals surface area contributed by atoms with E-state index in [0.717, 1.165) is 45.6 Å². The van der Waals surface area contributed by atoms with Crippen molar-refractivity contribution in [1.82, 2.24) is 9.80 Å². The van der Waals surface area contributed by atoms with Gasteiger partial charge in [0.15, 0.2) is 0 Å². The van der Waals surface area contributed by atoms with Gasteiger partial charge in [0, 0.05) is 32.8 Å². The molecule has 0 radical (unpaired) electrons. The van der Waals surface area contributed by atoms with Crippen molar-refractivity contribution in [2.75, 3.05) is 39.3 Å². The summed E-state index contributed by atoms with van der Waals surface area (Å²) in [5, 5.41) is 17.8. The van der Waals surface area contributed by atoms with E-state index in [9.17, 15) is 0 Å². The Hall–Kier alpha value is -0.630. The molecule has 0 aliphatic carbocycles. The zero-order chi connectivity index (χ0) is 12.0. The van der Waals surface area contributed by atoms with Crippen LogP contribution in [0, 0.1) is 11.3 Å². The number of aliphatic hydroxyl groups excluding tert-OH is 1. The van der Waals surface area contributed by atoms with E-state index in [0.29, 0.717) is 6.61 Å². The van der Waals surface area contributed by atoms with Crippen LogP contribution in [-0.4, -0.2) is 59.8 Å². The smallest absolute Gasteiger partial charge is 0.103 e. The Morgan fingerprint density at radius 3 is 2.31 bits per heavy atom. The first kappa shape index (κ1) is 13.4. The molecule has 0 aromatic carbocycles. The fourth-order valence-electron chi connectivity index (χ4n) is 2.05. The minimum Gasteiger partial charge on any atom is -0.396 e. The molecular formula is C12H23N3O. The molecule has 0 spiro atoms. The zero-order valence-electron chi connectivity index (χ0n) is 10.4. The molecule has 4 heteroatoms. The Morgan fingerprint density at radius 2 is 1.81 bits per heavy atom. The van der Waals surface area contributed by atoms with Crippen molar-refractivity contribution in [3.63, 3.8) is 0 Å². The minimum atomic E-state index is -0.336. The zero-order valence-corrected chi connectivity index (χ0v) is 10.4. The molecule has 92 valence electrons. The SMILES string of the molecule is CC(C)(C#N)N1CCN(CCCCO)CC1. The predicted molar refractivity (Wildman–Crippen MR) is 64.0 cm³/mol. The number of piperazine rings is 1. The van der Waals surface area contributed by atoms with Crippen LogP contribution >= 0.6 is 0 Å². The second-order valence-corrected chi connectivity index (χ2v) is 4.93. The first-order valence-electron chi connectivity index (χ1n) is 6.09. The Kier molecular flexibility index (Phi) is 5.20. The minimum absolute atomic E-state index is 0.293. The number of nitriles is 1. The van der Waals surface area contributed by atoms with Gasteiger partial charge in [-0.15, -0.1) is 0 Å². The van der Waals surface area contributed by atoms with Gasteiger partial charge in [-0.2, -0.15) is 5.26 Å². The highest BCUT2D eigenvalue weighted by Crippen LogP contribution is 2.15. The number of hydrogen-bond acceptors (Lipinski definition) is 4. The molecule has 0 bridgehead atoms. The van der Waals surface area contributed by atoms with Crippen LogP contribution in [-0.2, 0) is 0 Å².